The highest BCUT2D eigenvalue weighted by Gasteiger charge is 2.08. The highest BCUT2D eigenvalue weighted by Crippen LogP contribution is 2.23. The minimum Gasteiger partial charge on any atom is -0.443 e. The first-order chi connectivity index (χ1) is 14.2. The van der Waals surface area contributed by atoms with Crippen molar-refractivity contribution in [1.82, 2.24) is 20.6 Å². The lowest BCUT2D eigenvalue weighted by atomic mass is 10.1. The number of benzene rings is 1. The maximum absolute atomic E-state index is 13.3. The van der Waals surface area contributed by atoms with Gasteiger partial charge in [0.25, 0.3) is 0 Å². The van der Waals surface area contributed by atoms with Crippen molar-refractivity contribution < 1.29 is 8.81 Å². The average Bonchev–Trinajstić information content (AvgIpc) is 3.46. The summed E-state index contributed by atoms with van der Waals surface area (Å²) in [6.07, 6.45) is 4.37. The lowest BCUT2D eigenvalue weighted by Gasteiger charge is -2.10. The Kier molecular flexibility index (Phi) is 5.90. The molecule has 0 fully saturated rings. The van der Waals surface area contributed by atoms with E-state index in [9.17, 15) is 4.39 Å². The molecule has 1 aromatic carbocycles. The Morgan fingerprint density at radius 1 is 1.31 bits per heavy atom. The number of fused-ring (bicyclic) bond motifs is 1. The molecule has 0 saturated heterocycles. The van der Waals surface area contributed by atoms with Crippen LogP contribution >= 0.6 is 11.3 Å². The van der Waals surface area contributed by atoms with Gasteiger partial charge in [-0.3, -0.25) is 0 Å². The number of nitrogens with zero attached hydrogens (tertiary/aromatic N) is 2. The van der Waals surface area contributed by atoms with Crippen LogP contribution in [-0.2, 0) is 13.0 Å². The number of rotatable bonds is 7. The van der Waals surface area contributed by atoms with Gasteiger partial charge >= 0.3 is 0 Å². The summed E-state index contributed by atoms with van der Waals surface area (Å²) in [5, 5.41) is 9.61. The number of thiophene rings is 1. The number of hydrogen-bond donors (Lipinski definition) is 3. The second kappa shape index (κ2) is 8.91. The van der Waals surface area contributed by atoms with Crippen molar-refractivity contribution in [2.24, 2.45) is 4.99 Å². The zero-order chi connectivity index (χ0) is 20.1. The van der Waals surface area contributed by atoms with Crippen LogP contribution in [0.1, 0.15) is 18.2 Å². The number of guanidine groups is 1. The number of hydrogen-bond acceptors (Lipinski definition) is 4. The van der Waals surface area contributed by atoms with Gasteiger partial charge in [0.05, 0.1) is 11.4 Å². The van der Waals surface area contributed by atoms with E-state index in [0.29, 0.717) is 19.0 Å². The molecule has 3 N–H and O–H groups in total. The van der Waals surface area contributed by atoms with Gasteiger partial charge in [-0.15, -0.1) is 11.3 Å². The first kappa shape index (κ1) is 19.2. The van der Waals surface area contributed by atoms with Crippen LogP contribution in [0.3, 0.4) is 0 Å². The highest BCUT2D eigenvalue weighted by atomic mass is 32.1. The third kappa shape index (κ3) is 4.65. The molecule has 0 bridgehead atoms. The Morgan fingerprint density at radius 2 is 2.24 bits per heavy atom. The van der Waals surface area contributed by atoms with Crippen LogP contribution < -0.4 is 10.6 Å². The molecule has 4 rings (SSSR count). The molecule has 3 heterocycles. The van der Waals surface area contributed by atoms with Crippen molar-refractivity contribution in [3.8, 4) is 10.8 Å². The van der Waals surface area contributed by atoms with E-state index in [2.05, 4.69) is 25.6 Å². The molecule has 0 unspecified atom stereocenters. The van der Waals surface area contributed by atoms with Crippen molar-refractivity contribution >= 4 is 28.2 Å². The van der Waals surface area contributed by atoms with E-state index in [0.717, 1.165) is 46.0 Å². The molecule has 0 aliphatic rings. The van der Waals surface area contributed by atoms with Gasteiger partial charge in [-0.2, -0.15) is 0 Å². The quantitative estimate of drug-likeness (QED) is 0.313. The van der Waals surface area contributed by atoms with E-state index in [1.807, 2.05) is 36.7 Å². The predicted molar refractivity (Wildman–Crippen MR) is 115 cm³/mol. The number of nitrogens with one attached hydrogen (secondary N) is 3. The van der Waals surface area contributed by atoms with Gasteiger partial charge in [0, 0.05) is 30.2 Å². The standard InChI is InChI=1S/C21H22FN5OS/c1-2-23-21(26-12-16-13-28-20(27-16)19-4-3-9-29-19)24-8-7-14-11-25-18-10-15(22)5-6-17(14)18/h3-6,9-11,13,25H,2,7-8,12H2,1H3,(H2,23,24,26). The van der Waals surface area contributed by atoms with Gasteiger partial charge < -0.3 is 20.0 Å². The van der Waals surface area contributed by atoms with Crippen LogP contribution in [0.25, 0.3) is 21.7 Å². The van der Waals surface area contributed by atoms with E-state index in [1.54, 1.807) is 17.6 Å². The Morgan fingerprint density at radius 3 is 3.07 bits per heavy atom. The molecule has 8 heteroatoms. The van der Waals surface area contributed by atoms with Gasteiger partial charge in [-0.25, -0.2) is 14.4 Å². The van der Waals surface area contributed by atoms with E-state index in [4.69, 9.17) is 4.42 Å². The number of aromatic nitrogens is 2. The number of halogens is 1. The second-order valence-electron chi connectivity index (χ2n) is 6.50. The SMILES string of the molecule is CCNC(=NCc1coc(-c2cccs2)n1)NCCc1c[nH]c2cc(F)ccc12. The topological polar surface area (TPSA) is 78.2 Å². The van der Waals surface area contributed by atoms with Gasteiger partial charge in [0.2, 0.25) is 5.89 Å². The monoisotopic (exact) mass is 411 g/mol. The molecule has 3 aromatic heterocycles. The molecule has 150 valence electrons. The van der Waals surface area contributed by atoms with Crippen molar-refractivity contribution in [2.45, 2.75) is 19.9 Å². The average molecular weight is 412 g/mol. The molecular weight excluding hydrogens is 389 g/mol. The highest BCUT2D eigenvalue weighted by molar-refractivity contribution is 7.13. The zero-order valence-electron chi connectivity index (χ0n) is 16.0. The summed E-state index contributed by atoms with van der Waals surface area (Å²) in [4.78, 5) is 13.2. The summed E-state index contributed by atoms with van der Waals surface area (Å²) in [6, 6.07) is 8.76. The maximum Gasteiger partial charge on any atom is 0.236 e. The predicted octanol–water partition coefficient (Wildman–Crippen LogP) is 4.32. The molecule has 0 atom stereocenters. The molecule has 0 saturated carbocycles. The number of H-pyrrole nitrogens is 1. The summed E-state index contributed by atoms with van der Waals surface area (Å²) in [5.74, 6) is 1.11. The molecule has 0 amide bonds. The van der Waals surface area contributed by atoms with Crippen molar-refractivity contribution in [3.63, 3.8) is 0 Å². The van der Waals surface area contributed by atoms with Gasteiger partial charge in [-0.05, 0) is 48.6 Å². The van der Waals surface area contributed by atoms with Crippen LogP contribution in [-0.4, -0.2) is 29.0 Å². The molecule has 0 spiro atoms. The second-order valence-corrected chi connectivity index (χ2v) is 7.44. The Hall–Kier alpha value is -3.13. The molecule has 0 aliphatic heterocycles. The fourth-order valence-corrected chi connectivity index (χ4v) is 3.73. The van der Waals surface area contributed by atoms with E-state index in [1.165, 1.54) is 12.1 Å². The van der Waals surface area contributed by atoms with Crippen LogP contribution in [0.4, 0.5) is 4.39 Å². The van der Waals surface area contributed by atoms with Crippen LogP contribution in [0.2, 0.25) is 0 Å². The third-order valence-electron chi connectivity index (χ3n) is 4.44. The summed E-state index contributed by atoms with van der Waals surface area (Å²) >= 11 is 1.59. The maximum atomic E-state index is 13.3. The van der Waals surface area contributed by atoms with E-state index >= 15 is 0 Å². The van der Waals surface area contributed by atoms with E-state index < -0.39 is 0 Å². The molecular formula is C21H22FN5OS. The molecule has 6 nitrogen and oxygen atoms in total. The van der Waals surface area contributed by atoms with Crippen LogP contribution in [0.5, 0.6) is 0 Å². The smallest absolute Gasteiger partial charge is 0.236 e. The van der Waals surface area contributed by atoms with Gasteiger partial charge in [0.1, 0.15) is 17.8 Å². The molecule has 0 radical (unpaired) electrons. The molecule has 29 heavy (non-hydrogen) atoms. The Labute approximate surface area is 171 Å². The zero-order valence-corrected chi connectivity index (χ0v) is 16.9. The summed E-state index contributed by atoms with van der Waals surface area (Å²) in [7, 11) is 0. The Bertz CT molecular complexity index is 1100. The number of aliphatic imine (C=N–C) groups is 1. The lowest BCUT2D eigenvalue weighted by Crippen LogP contribution is -2.38. The van der Waals surface area contributed by atoms with Crippen molar-refractivity contribution in [1.29, 1.82) is 0 Å². The summed E-state index contributed by atoms with van der Waals surface area (Å²) in [5.41, 5.74) is 2.73. The minimum absolute atomic E-state index is 0.235. The molecule has 0 aliphatic carbocycles. The van der Waals surface area contributed by atoms with Crippen molar-refractivity contribution in [3.05, 3.63) is 65.2 Å². The Balaban J connectivity index is 1.36. The normalized spacial score (nSPS) is 11.9. The van der Waals surface area contributed by atoms with Crippen LogP contribution in [0.15, 0.2) is 57.6 Å². The fraction of sp³-hybridized carbons (Fsp3) is 0.238. The fourth-order valence-electron chi connectivity index (χ4n) is 3.08. The molecule has 4 aromatic rings. The number of aromatic amines is 1. The summed E-state index contributed by atoms with van der Waals surface area (Å²) < 4.78 is 18.9. The third-order valence-corrected chi connectivity index (χ3v) is 5.30. The minimum atomic E-state index is -0.235. The van der Waals surface area contributed by atoms with Gasteiger partial charge in [-0.1, -0.05) is 6.07 Å². The largest absolute Gasteiger partial charge is 0.443 e. The number of oxazole rings is 1. The van der Waals surface area contributed by atoms with Gasteiger partial charge in [0.15, 0.2) is 5.96 Å². The summed E-state index contributed by atoms with van der Waals surface area (Å²) in [6.45, 7) is 3.92. The van der Waals surface area contributed by atoms with E-state index in [-0.39, 0.29) is 5.82 Å². The lowest BCUT2D eigenvalue weighted by molar-refractivity contribution is 0.574. The first-order valence-electron chi connectivity index (χ1n) is 9.49. The van der Waals surface area contributed by atoms with Crippen molar-refractivity contribution in [2.75, 3.05) is 13.1 Å². The first-order valence-corrected chi connectivity index (χ1v) is 10.4. The van der Waals surface area contributed by atoms with Crippen LogP contribution in [0, 0.1) is 5.82 Å².